The third-order valence-electron chi connectivity index (χ3n) is 3.65. The summed E-state index contributed by atoms with van der Waals surface area (Å²) in [5, 5.41) is 18.8. The Balaban J connectivity index is 2.17. The zero-order valence-electron chi connectivity index (χ0n) is 8.53. The summed E-state index contributed by atoms with van der Waals surface area (Å²) < 4.78 is 13.5. The number of carboxylic acid groups (broad SMARTS) is 1. The first-order valence-corrected chi connectivity index (χ1v) is 5.39. The summed E-state index contributed by atoms with van der Waals surface area (Å²) in [5.41, 5.74) is -1.67. The van der Waals surface area contributed by atoms with Crippen LogP contribution in [0.2, 0.25) is 0 Å². The number of aliphatic hydroxyl groups is 1. The Kier molecular flexibility index (Phi) is 2.68. The molecule has 15 heavy (non-hydrogen) atoms. The highest BCUT2D eigenvalue weighted by atomic mass is 19.1. The van der Waals surface area contributed by atoms with Crippen LogP contribution < -0.4 is 0 Å². The number of nitrogens with zero attached hydrogens (tertiary/aromatic N) is 1. The van der Waals surface area contributed by atoms with Crippen LogP contribution in [0.25, 0.3) is 0 Å². The number of carbonyl (C=O) groups is 1. The van der Waals surface area contributed by atoms with Crippen molar-refractivity contribution in [2.75, 3.05) is 13.1 Å². The average molecular weight is 217 g/mol. The number of carboxylic acids is 1. The van der Waals surface area contributed by atoms with Crippen LogP contribution in [-0.2, 0) is 4.79 Å². The predicted molar refractivity (Wildman–Crippen MR) is 51.3 cm³/mol. The smallest absolute Gasteiger partial charge is 0.341 e. The lowest BCUT2D eigenvalue weighted by molar-refractivity contribution is -0.157. The molecule has 0 saturated carbocycles. The van der Waals surface area contributed by atoms with Crippen LogP contribution in [0.3, 0.4) is 0 Å². The molecule has 0 bridgehead atoms. The molecule has 0 spiro atoms. The molecule has 0 aromatic rings. The summed E-state index contributed by atoms with van der Waals surface area (Å²) in [6.07, 6.45) is 0.757. The Hall–Kier alpha value is -0.680. The third kappa shape index (κ3) is 1.63. The molecule has 4 nitrogen and oxygen atoms in total. The topological polar surface area (TPSA) is 60.8 Å². The Morgan fingerprint density at radius 2 is 2.20 bits per heavy atom. The Morgan fingerprint density at radius 1 is 1.47 bits per heavy atom. The molecule has 3 atom stereocenters. The number of aliphatic carboxylic acids is 1. The van der Waals surface area contributed by atoms with E-state index in [4.69, 9.17) is 5.11 Å². The molecule has 0 amide bonds. The van der Waals surface area contributed by atoms with E-state index in [0.29, 0.717) is 13.0 Å². The summed E-state index contributed by atoms with van der Waals surface area (Å²) in [6.45, 7) is 1.45. The SMILES string of the molecule is O=C(O)C(F)C1(O)CCN2CCCCC21. The van der Waals surface area contributed by atoms with E-state index in [0.717, 1.165) is 19.4 Å². The van der Waals surface area contributed by atoms with Crippen LogP contribution in [0.1, 0.15) is 25.7 Å². The van der Waals surface area contributed by atoms with Crippen LogP contribution in [-0.4, -0.2) is 52.0 Å². The van der Waals surface area contributed by atoms with Gasteiger partial charge < -0.3 is 10.2 Å². The van der Waals surface area contributed by atoms with E-state index in [1.54, 1.807) is 0 Å². The number of fused-ring (bicyclic) bond motifs is 1. The minimum Gasteiger partial charge on any atom is -0.479 e. The van der Waals surface area contributed by atoms with Gasteiger partial charge in [-0.05, 0) is 25.8 Å². The van der Waals surface area contributed by atoms with Crippen molar-refractivity contribution in [3.8, 4) is 0 Å². The summed E-state index contributed by atoms with van der Waals surface area (Å²) in [4.78, 5) is 12.6. The monoisotopic (exact) mass is 217 g/mol. The largest absolute Gasteiger partial charge is 0.479 e. The zero-order chi connectivity index (χ0) is 11.1. The van der Waals surface area contributed by atoms with Crippen LogP contribution in [0.15, 0.2) is 0 Å². The van der Waals surface area contributed by atoms with Gasteiger partial charge in [-0.1, -0.05) is 6.42 Å². The number of piperidine rings is 1. The first-order chi connectivity index (χ1) is 7.05. The van der Waals surface area contributed by atoms with Crippen LogP contribution in [0.4, 0.5) is 4.39 Å². The second-order valence-corrected chi connectivity index (χ2v) is 4.49. The molecule has 2 heterocycles. The highest BCUT2D eigenvalue weighted by Gasteiger charge is 2.54. The fraction of sp³-hybridized carbons (Fsp3) is 0.900. The van der Waals surface area contributed by atoms with Gasteiger partial charge in [0.05, 0.1) is 0 Å². The lowest BCUT2D eigenvalue weighted by Gasteiger charge is -2.37. The lowest BCUT2D eigenvalue weighted by atomic mass is 9.85. The minimum atomic E-state index is -2.16. The van der Waals surface area contributed by atoms with Crippen molar-refractivity contribution in [1.29, 1.82) is 0 Å². The molecule has 86 valence electrons. The Labute approximate surface area is 87.7 Å². The molecule has 0 aromatic heterocycles. The van der Waals surface area contributed by atoms with E-state index in [9.17, 15) is 14.3 Å². The average Bonchev–Trinajstić information content (AvgIpc) is 2.57. The fourth-order valence-corrected chi connectivity index (χ4v) is 2.82. The van der Waals surface area contributed by atoms with Gasteiger partial charge in [0.25, 0.3) is 0 Å². The number of hydrogen-bond acceptors (Lipinski definition) is 3. The molecule has 2 aliphatic heterocycles. The van der Waals surface area contributed by atoms with E-state index >= 15 is 0 Å². The summed E-state index contributed by atoms with van der Waals surface area (Å²) in [6, 6.07) is -0.308. The van der Waals surface area contributed by atoms with Crippen molar-refractivity contribution in [3.05, 3.63) is 0 Å². The molecular weight excluding hydrogens is 201 g/mol. The van der Waals surface area contributed by atoms with Gasteiger partial charge in [0.15, 0.2) is 0 Å². The molecule has 3 unspecified atom stereocenters. The van der Waals surface area contributed by atoms with Gasteiger partial charge in [0.1, 0.15) is 5.60 Å². The maximum Gasteiger partial charge on any atom is 0.341 e. The van der Waals surface area contributed by atoms with Crippen molar-refractivity contribution >= 4 is 5.97 Å². The van der Waals surface area contributed by atoms with E-state index < -0.39 is 17.7 Å². The van der Waals surface area contributed by atoms with Gasteiger partial charge in [0, 0.05) is 12.6 Å². The van der Waals surface area contributed by atoms with Crippen LogP contribution >= 0.6 is 0 Å². The maximum atomic E-state index is 13.5. The number of halogens is 1. The van der Waals surface area contributed by atoms with Gasteiger partial charge in [-0.2, -0.15) is 0 Å². The Morgan fingerprint density at radius 3 is 2.87 bits per heavy atom. The van der Waals surface area contributed by atoms with Crippen molar-refractivity contribution in [3.63, 3.8) is 0 Å². The molecule has 0 radical (unpaired) electrons. The van der Waals surface area contributed by atoms with Gasteiger partial charge in [0.2, 0.25) is 6.17 Å². The molecule has 2 fully saturated rings. The summed E-state index contributed by atoms with van der Waals surface area (Å²) >= 11 is 0. The van der Waals surface area contributed by atoms with Crippen molar-refractivity contribution in [2.24, 2.45) is 0 Å². The highest BCUT2D eigenvalue weighted by Crippen LogP contribution is 2.38. The molecular formula is C10H16FNO3. The van der Waals surface area contributed by atoms with Crippen LogP contribution in [0, 0.1) is 0 Å². The van der Waals surface area contributed by atoms with E-state index in [-0.39, 0.29) is 12.5 Å². The summed E-state index contributed by atoms with van der Waals surface area (Å²) in [7, 11) is 0. The Bertz CT molecular complexity index is 273. The minimum absolute atomic E-state index is 0.227. The molecule has 5 heteroatoms. The molecule has 2 aliphatic rings. The van der Waals surface area contributed by atoms with Crippen molar-refractivity contribution < 1.29 is 19.4 Å². The fourth-order valence-electron chi connectivity index (χ4n) is 2.82. The molecule has 0 aliphatic carbocycles. The molecule has 2 N–H and O–H groups in total. The lowest BCUT2D eigenvalue weighted by Crippen LogP contribution is -2.54. The summed E-state index contributed by atoms with van der Waals surface area (Å²) in [5.74, 6) is -1.55. The van der Waals surface area contributed by atoms with Crippen molar-refractivity contribution in [2.45, 2.75) is 43.5 Å². The molecule has 2 rings (SSSR count). The number of alkyl halides is 1. The van der Waals surface area contributed by atoms with Crippen molar-refractivity contribution in [1.82, 2.24) is 4.90 Å². The van der Waals surface area contributed by atoms with E-state index in [1.807, 2.05) is 4.90 Å². The molecule has 2 saturated heterocycles. The predicted octanol–water partition coefficient (Wildman–Crippen LogP) is 0.398. The third-order valence-corrected chi connectivity index (χ3v) is 3.65. The van der Waals surface area contributed by atoms with Gasteiger partial charge >= 0.3 is 5.97 Å². The first kappa shape index (κ1) is 10.8. The highest BCUT2D eigenvalue weighted by molar-refractivity contribution is 5.74. The number of hydrogen-bond donors (Lipinski definition) is 2. The second kappa shape index (κ2) is 3.72. The van der Waals surface area contributed by atoms with Gasteiger partial charge in [-0.3, -0.25) is 4.90 Å². The standard InChI is InChI=1S/C10H16FNO3/c11-8(9(13)14)10(15)4-6-12-5-2-1-3-7(10)12/h7-8,15H,1-6H2,(H,13,14). The van der Waals surface area contributed by atoms with Gasteiger partial charge in [-0.15, -0.1) is 0 Å². The van der Waals surface area contributed by atoms with Gasteiger partial charge in [-0.25, -0.2) is 9.18 Å². The molecule has 0 aromatic carbocycles. The first-order valence-electron chi connectivity index (χ1n) is 5.39. The van der Waals surface area contributed by atoms with E-state index in [1.165, 1.54) is 0 Å². The normalized spacial score (nSPS) is 38.7. The second-order valence-electron chi connectivity index (χ2n) is 4.49. The van der Waals surface area contributed by atoms with E-state index in [2.05, 4.69) is 0 Å². The maximum absolute atomic E-state index is 13.5. The zero-order valence-corrected chi connectivity index (χ0v) is 8.53. The number of rotatable bonds is 2. The van der Waals surface area contributed by atoms with Crippen LogP contribution in [0.5, 0.6) is 0 Å². The quantitative estimate of drug-likeness (QED) is 0.702.